The van der Waals surface area contributed by atoms with Gasteiger partial charge in [-0.25, -0.2) is 4.98 Å². The van der Waals surface area contributed by atoms with E-state index in [9.17, 15) is 10.1 Å². The topological polar surface area (TPSA) is 81.2 Å². The Labute approximate surface area is 120 Å². The van der Waals surface area contributed by atoms with Crippen molar-refractivity contribution in [2.75, 3.05) is 0 Å². The minimum Gasteiger partial charge on any atom is -0.444 e. The van der Waals surface area contributed by atoms with Crippen molar-refractivity contribution >= 4 is 17.3 Å². The van der Waals surface area contributed by atoms with E-state index in [1.54, 1.807) is 6.20 Å². The van der Waals surface area contributed by atoms with Crippen molar-refractivity contribution in [1.82, 2.24) is 10.3 Å². The zero-order valence-corrected chi connectivity index (χ0v) is 11.8. The molecule has 0 aliphatic carbocycles. The van der Waals surface area contributed by atoms with Gasteiger partial charge in [0.25, 0.3) is 5.69 Å². The SMILES string of the molecule is Cc1cnc(C(C)NCc2cc([N+](=O)[O-])ccc2Cl)o1. The number of halogens is 1. The second kappa shape index (κ2) is 6.02. The van der Waals surface area contributed by atoms with Crippen molar-refractivity contribution in [3.8, 4) is 0 Å². The van der Waals surface area contributed by atoms with Crippen molar-refractivity contribution in [2.24, 2.45) is 0 Å². The molecule has 0 saturated heterocycles. The van der Waals surface area contributed by atoms with Crippen LogP contribution in [0.1, 0.15) is 30.2 Å². The Balaban J connectivity index is 2.06. The number of aryl methyl sites for hydroxylation is 1. The lowest BCUT2D eigenvalue weighted by Gasteiger charge is -2.11. The number of hydrogen-bond donors (Lipinski definition) is 1. The summed E-state index contributed by atoms with van der Waals surface area (Å²) in [6.07, 6.45) is 1.65. The fourth-order valence-electron chi connectivity index (χ4n) is 1.73. The van der Waals surface area contributed by atoms with Crippen LogP contribution in [0.15, 0.2) is 28.8 Å². The summed E-state index contributed by atoms with van der Waals surface area (Å²) in [5.74, 6) is 1.31. The van der Waals surface area contributed by atoms with Gasteiger partial charge in [-0.1, -0.05) is 11.6 Å². The Hall–Kier alpha value is -1.92. The molecule has 0 bridgehead atoms. The predicted molar refractivity (Wildman–Crippen MR) is 74.6 cm³/mol. The molecule has 0 aliphatic heterocycles. The van der Waals surface area contributed by atoms with Crippen molar-refractivity contribution in [2.45, 2.75) is 26.4 Å². The predicted octanol–water partition coefficient (Wildman–Crippen LogP) is 3.40. The van der Waals surface area contributed by atoms with Crippen LogP contribution >= 0.6 is 11.6 Å². The smallest absolute Gasteiger partial charge is 0.269 e. The highest BCUT2D eigenvalue weighted by Crippen LogP contribution is 2.23. The lowest BCUT2D eigenvalue weighted by Crippen LogP contribution is -2.18. The van der Waals surface area contributed by atoms with Crippen molar-refractivity contribution in [3.63, 3.8) is 0 Å². The molecule has 0 radical (unpaired) electrons. The number of non-ortho nitro benzene ring substituents is 1. The molecule has 1 aromatic carbocycles. The van der Waals surface area contributed by atoms with Crippen LogP contribution in [0.2, 0.25) is 5.02 Å². The second-order valence-corrected chi connectivity index (χ2v) is 4.85. The number of nitrogens with zero attached hydrogens (tertiary/aromatic N) is 2. The van der Waals surface area contributed by atoms with Crippen LogP contribution in [0.5, 0.6) is 0 Å². The van der Waals surface area contributed by atoms with Gasteiger partial charge in [0.2, 0.25) is 5.89 Å². The number of benzene rings is 1. The van der Waals surface area contributed by atoms with Gasteiger partial charge in [-0.05, 0) is 25.5 Å². The summed E-state index contributed by atoms with van der Waals surface area (Å²) < 4.78 is 5.41. The van der Waals surface area contributed by atoms with E-state index < -0.39 is 4.92 Å². The molecule has 0 aliphatic rings. The van der Waals surface area contributed by atoms with Gasteiger partial charge in [0.15, 0.2) is 0 Å². The first-order valence-electron chi connectivity index (χ1n) is 6.06. The number of aromatic nitrogens is 1. The van der Waals surface area contributed by atoms with Gasteiger partial charge in [-0.3, -0.25) is 10.1 Å². The fourth-order valence-corrected chi connectivity index (χ4v) is 1.92. The summed E-state index contributed by atoms with van der Waals surface area (Å²) in [4.78, 5) is 14.4. The zero-order chi connectivity index (χ0) is 14.7. The molecule has 0 fully saturated rings. The molecule has 6 nitrogen and oxygen atoms in total. The van der Waals surface area contributed by atoms with E-state index >= 15 is 0 Å². The Morgan fingerprint density at radius 3 is 2.90 bits per heavy atom. The van der Waals surface area contributed by atoms with Crippen LogP contribution in [-0.4, -0.2) is 9.91 Å². The molecule has 0 saturated carbocycles. The zero-order valence-electron chi connectivity index (χ0n) is 11.1. The van der Waals surface area contributed by atoms with Gasteiger partial charge < -0.3 is 9.73 Å². The fraction of sp³-hybridized carbons (Fsp3) is 0.308. The molecule has 0 amide bonds. The van der Waals surface area contributed by atoms with Crippen molar-refractivity contribution in [1.29, 1.82) is 0 Å². The van der Waals surface area contributed by atoms with E-state index in [4.69, 9.17) is 16.0 Å². The highest BCUT2D eigenvalue weighted by atomic mass is 35.5. The van der Waals surface area contributed by atoms with E-state index in [1.165, 1.54) is 18.2 Å². The Bertz CT molecular complexity index is 627. The van der Waals surface area contributed by atoms with Crippen LogP contribution in [0.25, 0.3) is 0 Å². The molecule has 0 spiro atoms. The molecule has 106 valence electrons. The van der Waals surface area contributed by atoms with Crippen molar-refractivity contribution in [3.05, 3.63) is 56.7 Å². The van der Waals surface area contributed by atoms with Crippen LogP contribution in [-0.2, 0) is 6.54 Å². The Morgan fingerprint density at radius 1 is 1.55 bits per heavy atom. The first kappa shape index (κ1) is 14.5. The van der Waals surface area contributed by atoms with E-state index in [-0.39, 0.29) is 11.7 Å². The summed E-state index contributed by atoms with van der Waals surface area (Å²) in [7, 11) is 0. The van der Waals surface area contributed by atoms with Crippen LogP contribution in [0.3, 0.4) is 0 Å². The average Bonchev–Trinajstić information content (AvgIpc) is 2.84. The number of nitrogens with one attached hydrogen (secondary N) is 1. The van der Waals surface area contributed by atoms with Crippen LogP contribution in [0.4, 0.5) is 5.69 Å². The quantitative estimate of drug-likeness (QED) is 0.675. The molecule has 1 N–H and O–H groups in total. The van der Waals surface area contributed by atoms with Gasteiger partial charge >= 0.3 is 0 Å². The summed E-state index contributed by atoms with van der Waals surface area (Å²) in [6, 6.07) is 4.26. The number of rotatable bonds is 5. The Kier molecular flexibility index (Phi) is 4.36. The third-order valence-corrected chi connectivity index (χ3v) is 3.22. The highest BCUT2D eigenvalue weighted by Gasteiger charge is 2.13. The molecular weight excluding hydrogens is 282 g/mol. The number of nitro groups is 1. The first-order valence-corrected chi connectivity index (χ1v) is 6.43. The molecule has 1 heterocycles. The lowest BCUT2D eigenvalue weighted by molar-refractivity contribution is -0.384. The molecule has 1 unspecified atom stereocenters. The van der Waals surface area contributed by atoms with Gasteiger partial charge in [0.05, 0.1) is 17.2 Å². The Morgan fingerprint density at radius 2 is 2.30 bits per heavy atom. The monoisotopic (exact) mass is 295 g/mol. The first-order chi connectivity index (χ1) is 9.47. The molecule has 7 heteroatoms. The molecule has 20 heavy (non-hydrogen) atoms. The van der Waals surface area contributed by atoms with E-state index in [0.717, 1.165) is 5.76 Å². The molecule has 1 aromatic heterocycles. The molecule has 2 rings (SSSR count). The van der Waals surface area contributed by atoms with Crippen molar-refractivity contribution < 1.29 is 9.34 Å². The molecule has 2 aromatic rings. The third-order valence-electron chi connectivity index (χ3n) is 2.85. The number of nitro benzene ring substituents is 1. The second-order valence-electron chi connectivity index (χ2n) is 4.44. The number of oxazole rings is 1. The van der Waals surface area contributed by atoms with Gasteiger partial charge in [-0.15, -0.1) is 0 Å². The van der Waals surface area contributed by atoms with Gasteiger partial charge in [0, 0.05) is 23.7 Å². The summed E-state index contributed by atoms with van der Waals surface area (Å²) in [5, 5.41) is 14.4. The normalized spacial score (nSPS) is 12.3. The lowest BCUT2D eigenvalue weighted by atomic mass is 10.2. The largest absolute Gasteiger partial charge is 0.444 e. The minimum absolute atomic E-state index is 0.0193. The maximum absolute atomic E-state index is 10.7. The summed E-state index contributed by atoms with van der Waals surface area (Å²) >= 11 is 6.03. The van der Waals surface area contributed by atoms with Gasteiger partial charge in [-0.2, -0.15) is 0 Å². The van der Waals surface area contributed by atoms with E-state index in [1.807, 2.05) is 13.8 Å². The third kappa shape index (κ3) is 3.34. The van der Waals surface area contributed by atoms with Crippen LogP contribution in [0, 0.1) is 17.0 Å². The van der Waals surface area contributed by atoms with E-state index in [2.05, 4.69) is 10.3 Å². The highest BCUT2D eigenvalue weighted by molar-refractivity contribution is 6.31. The molecular formula is C13H14ClN3O3. The van der Waals surface area contributed by atoms with Gasteiger partial charge in [0.1, 0.15) is 5.76 Å². The summed E-state index contributed by atoms with van der Waals surface area (Å²) in [6.45, 7) is 4.11. The summed E-state index contributed by atoms with van der Waals surface area (Å²) in [5.41, 5.74) is 0.682. The maximum atomic E-state index is 10.7. The van der Waals surface area contributed by atoms with E-state index in [0.29, 0.717) is 23.0 Å². The molecule has 1 atom stereocenters. The standard InChI is InChI=1S/C13H14ClN3O3/c1-8-6-16-13(20-8)9(2)15-7-10-5-11(17(18)19)3-4-12(10)14/h3-6,9,15H,7H2,1-2H3. The van der Waals surface area contributed by atoms with Crippen LogP contribution < -0.4 is 5.32 Å². The number of hydrogen-bond acceptors (Lipinski definition) is 5. The average molecular weight is 296 g/mol. The minimum atomic E-state index is -0.444. The maximum Gasteiger partial charge on any atom is 0.269 e.